The van der Waals surface area contributed by atoms with Crippen molar-refractivity contribution in [1.82, 2.24) is 21.3 Å². The highest BCUT2D eigenvalue weighted by Gasteiger charge is 2.20. The van der Waals surface area contributed by atoms with E-state index in [4.69, 9.17) is 18.9 Å². The van der Waals surface area contributed by atoms with Crippen molar-refractivity contribution in [2.45, 2.75) is 162 Å². The number of amides is 4. The molecule has 14 nitrogen and oxygen atoms in total. The monoisotopic (exact) mass is 815 g/mol. The summed E-state index contributed by atoms with van der Waals surface area (Å²) < 4.78 is 21.4. The molecule has 0 radical (unpaired) electrons. The van der Waals surface area contributed by atoms with Crippen LogP contribution in [0.3, 0.4) is 0 Å². The smallest absolute Gasteiger partial charge is 0.326 e. The Morgan fingerprint density at radius 3 is 1.30 bits per heavy atom. The number of hydrogen-bond donors (Lipinski definition) is 5. The number of ether oxygens (including phenoxy) is 4. The van der Waals surface area contributed by atoms with E-state index in [-0.39, 0.29) is 89.1 Å². The van der Waals surface area contributed by atoms with Crippen molar-refractivity contribution in [1.29, 1.82) is 0 Å². The molecule has 334 valence electrons. The highest BCUT2D eigenvalue weighted by molar-refractivity contribution is 5.84. The maximum Gasteiger partial charge on any atom is 0.326 e. The Morgan fingerprint density at radius 2 is 0.825 bits per heavy atom. The molecule has 14 heteroatoms. The van der Waals surface area contributed by atoms with Crippen LogP contribution in [0.15, 0.2) is 0 Å². The van der Waals surface area contributed by atoms with Crippen molar-refractivity contribution in [3.05, 3.63) is 0 Å². The summed E-state index contributed by atoms with van der Waals surface area (Å²) in [6, 6.07) is -1.11. The minimum Gasteiger partial charge on any atom is -0.480 e. The predicted octanol–water partition coefficient (Wildman–Crippen LogP) is 6.08. The fourth-order valence-corrected chi connectivity index (χ4v) is 5.97. The molecule has 5 N–H and O–H groups in total. The van der Waals surface area contributed by atoms with Crippen LogP contribution in [0, 0.1) is 11.8 Å². The van der Waals surface area contributed by atoms with E-state index in [1.165, 1.54) is 70.6 Å². The molecular formula is C43H82N4O10. The lowest BCUT2D eigenvalue weighted by molar-refractivity contribution is -0.142. The number of carbonyl (C=O) groups is 5. The van der Waals surface area contributed by atoms with Gasteiger partial charge in [-0.2, -0.15) is 0 Å². The molecule has 0 aromatic rings. The lowest BCUT2D eigenvalue weighted by Gasteiger charge is -2.14. The Bertz CT molecular complexity index is 1010. The zero-order valence-corrected chi connectivity index (χ0v) is 36.3. The van der Waals surface area contributed by atoms with Crippen LogP contribution in [0.25, 0.3) is 0 Å². The van der Waals surface area contributed by atoms with E-state index in [9.17, 15) is 29.1 Å². The molecule has 0 unspecified atom stereocenters. The molecular weight excluding hydrogens is 732 g/mol. The Kier molecular flexibility index (Phi) is 38.0. The number of unbranched alkanes of at least 4 members (excludes halogenated alkanes) is 13. The van der Waals surface area contributed by atoms with E-state index in [0.29, 0.717) is 32.2 Å². The predicted molar refractivity (Wildman–Crippen MR) is 224 cm³/mol. The summed E-state index contributed by atoms with van der Waals surface area (Å²) in [5, 5.41) is 20.3. The van der Waals surface area contributed by atoms with Crippen LogP contribution in [-0.4, -0.2) is 113 Å². The van der Waals surface area contributed by atoms with Gasteiger partial charge in [-0.3, -0.25) is 19.2 Å². The minimum absolute atomic E-state index is 0.00136. The molecule has 1 atom stereocenters. The summed E-state index contributed by atoms with van der Waals surface area (Å²) in [7, 11) is 0. The standard InChI is InChI=1S/C43H82N4O10/c1-36(2)20-16-14-12-10-8-6-5-7-9-11-13-15-17-22-40(49)47-38(43(52)53)23-24-39(48)45-26-28-54-30-33-57-35-42(51)46-27-29-55-31-32-56-34-41(50)44-25-19-18-21-37(3)4/h36-38H,5-35H2,1-4H3,(H,44,50)(H,45,48)(H,46,51)(H,47,49)(H,52,53)/t38-/m0/s1. The average molecular weight is 815 g/mol. The zero-order chi connectivity index (χ0) is 42.2. The Morgan fingerprint density at radius 1 is 0.421 bits per heavy atom. The van der Waals surface area contributed by atoms with Crippen molar-refractivity contribution >= 4 is 29.6 Å². The van der Waals surface area contributed by atoms with Gasteiger partial charge in [0.1, 0.15) is 19.3 Å². The molecule has 0 fully saturated rings. The third kappa shape index (κ3) is 41.2. The van der Waals surface area contributed by atoms with Gasteiger partial charge in [-0.05, 0) is 31.1 Å². The van der Waals surface area contributed by atoms with Crippen LogP contribution < -0.4 is 21.3 Å². The first-order valence-electron chi connectivity index (χ1n) is 22.1. The van der Waals surface area contributed by atoms with Crippen molar-refractivity contribution in [3.8, 4) is 0 Å². The molecule has 0 saturated carbocycles. The van der Waals surface area contributed by atoms with E-state index < -0.39 is 12.0 Å². The van der Waals surface area contributed by atoms with Gasteiger partial charge in [0.15, 0.2) is 0 Å². The van der Waals surface area contributed by atoms with Crippen LogP contribution in [0.2, 0.25) is 0 Å². The molecule has 0 aliphatic heterocycles. The summed E-state index contributed by atoms with van der Waals surface area (Å²) in [5.41, 5.74) is 0. The van der Waals surface area contributed by atoms with Crippen molar-refractivity contribution in [2.24, 2.45) is 11.8 Å². The van der Waals surface area contributed by atoms with Crippen LogP contribution in [-0.2, 0) is 42.9 Å². The second-order valence-corrected chi connectivity index (χ2v) is 15.8. The number of carbonyl (C=O) groups excluding carboxylic acids is 4. The van der Waals surface area contributed by atoms with E-state index in [1.54, 1.807) is 0 Å². The first-order chi connectivity index (χ1) is 27.5. The second-order valence-electron chi connectivity index (χ2n) is 15.8. The lowest BCUT2D eigenvalue weighted by Crippen LogP contribution is -2.41. The maximum absolute atomic E-state index is 12.3. The minimum atomic E-state index is -1.16. The number of aliphatic carboxylic acids is 1. The highest BCUT2D eigenvalue weighted by Crippen LogP contribution is 2.15. The molecule has 0 aliphatic carbocycles. The lowest BCUT2D eigenvalue weighted by atomic mass is 10.0. The normalized spacial score (nSPS) is 11.8. The van der Waals surface area contributed by atoms with Gasteiger partial charge in [-0.1, -0.05) is 124 Å². The number of nitrogens with one attached hydrogen (secondary N) is 4. The molecule has 0 heterocycles. The van der Waals surface area contributed by atoms with Gasteiger partial charge in [0.05, 0.1) is 39.6 Å². The Labute approximate surface area is 344 Å². The van der Waals surface area contributed by atoms with Crippen LogP contribution in [0.4, 0.5) is 0 Å². The van der Waals surface area contributed by atoms with E-state index in [2.05, 4.69) is 49.0 Å². The van der Waals surface area contributed by atoms with Crippen LogP contribution >= 0.6 is 0 Å². The molecule has 0 bridgehead atoms. The number of rotatable bonds is 42. The summed E-state index contributed by atoms with van der Waals surface area (Å²) in [6.07, 6.45) is 20.7. The third-order valence-electron chi connectivity index (χ3n) is 9.36. The van der Waals surface area contributed by atoms with Crippen LogP contribution in [0.1, 0.15) is 156 Å². The van der Waals surface area contributed by atoms with Crippen molar-refractivity contribution in [2.75, 3.05) is 72.5 Å². The van der Waals surface area contributed by atoms with Gasteiger partial charge in [0.25, 0.3) is 0 Å². The SMILES string of the molecule is CC(C)CCCCCCCCCCCCCCCC(=O)N[C@@H](CCC(=O)NCCOCCOCC(=O)NCCOCCOCC(=O)NCCCCC(C)C)C(=O)O. The van der Waals surface area contributed by atoms with E-state index in [1.807, 2.05) is 0 Å². The molecule has 0 aromatic heterocycles. The third-order valence-corrected chi connectivity index (χ3v) is 9.36. The van der Waals surface area contributed by atoms with Gasteiger partial charge >= 0.3 is 5.97 Å². The summed E-state index contributed by atoms with van der Waals surface area (Å²) in [6.45, 7) is 11.6. The number of carboxylic acid groups (broad SMARTS) is 1. The fourth-order valence-electron chi connectivity index (χ4n) is 5.97. The highest BCUT2D eigenvalue weighted by atomic mass is 16.5. The fraction of sp³-hybridized carbons (Fsp3) is 0.884. The molecule has 0 aromatic carbocycles. The molecule has 0 spiro atoms. The molecule has 0 saturated heterocycles. The van der Waals surface area contributed by atoms with Gasteiger partial charge in [0.2, 0.25) is 23.6 Å². The maximum atomic E-state index is 12.3. The number of hydrogen-bond acceptors (Lipinski definition) is 9. The largest absolute Gasteiger partial charge is 0.480 e. The van der Waals surface area contributed by atoms with Gasteiger partial charge < -0.3 is 45.3 Å². The molecule has 0 rings (SSSR count). The zero-order valence-electron chi connectivity index (χ0n) is 36.3. The first-order valence-corrected chi connectivity index (χ1v) is 22.1. The topological polar surface area (TPSA) is 191 Å². The van der Waals surface area contributed by atoms with Gasteiger partial charge in [0, 0.05) is 32.5 Å². The summed E-state index contributed by atoms with van der Waals surface area (Å²) in [5.74, 6) is -0.719. The Hall–Kier alpha value is -2.81. The van der Waals surface area contributed by atoms with Gasteiger partial charge in [-0.15, -0.1) is 0 Å². The van der Waals surface area contributed by atoms with Crippen molar-refractivity contribution < 1.29 is 48.0 Å². The first kappa shape index (κ1) is 54.2. The molecule has 4 amide bonds. The van der Waals surface area contributed by atoms with Crippen LogP contribution in [0.5, 0.6) is 0 Å². The molecule has 57 heavy (non-hydrogen) atoms. The summed E-state index contributed by atoms with van der Waals surface area (Å²) >= 11 is 0. The Balaban J connectivity index is 3.64. The second kappa shape index (κ2) is 40.0. The number of carboxylic acids is 1. The average Bonchev–Trinajstić information content (AvgIpc) is 3.16. The van der Waals surface area contributed by atoms with Gasteiger partial charge in [-0.25, -0.2) is 4.79 Å². The quantitative estimate of drug-likeness (QED) is 0.0452. The summed E-state index contributed by atoms with van der Waals surface area (Å²) in [4.78, 5) is 59.8. The van der Waals surface area contributed by atoms with Crippen molar-refractivity contribution in [3.63, 3.8) is 0 Å². The van der Waals surface area contributed by atoms with E-state index in [0.717, 1.165) is 44.4 Å². The van der Waals surface area contributed by atoms with E-state index >= 15 is 0 Å². The molecule has 0 aliphatic rings.